The van der Waals surface area contributed by atoms with Gasteiger partial charge in [0.1, 0.15) is 5.65 Å². The highest BCUT2D eigenvalue weighted by Crippen LogP contribution is 2.12. The molecule has 0 aliphatic carbocycles. The molecular formula is C12H17N5. The average Bonchev–Trinajstić information content (AvgIpc) is 2.73. The summed E-state index contributed by atoms with van der Waals surface area (Å²) in [4.78, 5) is 6.82. The molecule has 0 saturated carbocycles. The lowest BCUT2D eigenvalue weighted by Crippen LogP contribution is -2.43. The zero-order valence-corrected chi connectivity index (χ0v) is 9.76. The third kappa shape index (κ3) is 2.11. The van der Waals surface area contributed by atoms with Crippen LogP contribution in [0.5, 0.6) is 0 Å². The maximum absolute atomic E-state index is 5.81. The second kappa shape index (κ2) is 4.35. The molecule has 1 saturated heterocycles. The summed E-state index contributed by atoms with van der Waals surface area (Å²) in [7, 11) is 0. The summed E-state index contributed by atoms with van der Waals surface area (Å²) in [6, 6.07) is 3.84. The highest BCUT2D eigenvalue weighted by Gasteiger charge is 2.12. The van der Waals surface area contributed by atoms with E-state index in [1.54, 1.807) is 0 Å². The number of piperazine rings is 1. The number of pyridine rings is 1. The Labute approximate surface area is 100 Å². The van der Waals surface area contributed by atoms with Gasteiger partial charge in [0.25, 0.3) is 0 Å². The first-order chi connectivity index (χ1) is 8.33. The molecule has 3 heterocycles. The number of nitrogens with zero attached hydrogens (tertiary/aromatic N) is 3. The highest BCUT2D eigenvalue weighted by atomic mass is 15.2. The predicted octanol–water partition coefficient (Wildman–Crippen LogP) is 0.322. The van der Waals surface area contributed by atoms with E-state index in [0.29, 0.717) is 0 Å². The number of rotatable bonds is 2. The van der Waals surface area contributed by atoms with E-state index in [9.17, 15) is 0 Å². The van der Waals surface area contributed by atoms with E-state index < -0.39 is 0 Å². The molecule has 0 bridgehead atoms. The zero-order chi connectivity index (χ0) is 11.7. The van der Waals surface area contributed by atoms with Gasteiger partial charge in [0.05, 0.1) is 11.9 Å². The van der Waals surface area contributed by atoms with E-state index in [1.165, 1.54) is 5.69 Å². The van der Waals surface area contributed by atoms with Gasteiger partial charge in [-0.1, -0.05) is 0 Å². The maximum atomic E-state index is 5.81. The van der Waals surface area contributed by atoms with Crippen molar-refractivity contribution in [1.82, 2.24) is 19.6 Å². The van der Waals surface area contributed by atoms with Gasteiger partial charge in [-0.3, -0.25) is 4.90 Å². The first-order valence-corrected chi connectivity index (χ1v) is 5.97. The Kier molecular flexibility index (Phi) is 2.70. The number of nitrogens with two attached hydrogens (primary N) is 1. The largest absolute Gasteiger partial charge is 0.398 e. The predicted molar refractivity (Wildman–Crippen MR) is 67.8 cm³/mol. The van der Waals surface area contributed by atoms with Crippen LogP contribution in [0.2, 0.25) is 0 Å². The number of hydrogen-bond donors (Lipinski definition) is 2. The average molecular weight is 231 g/mol. The van der Waals surface area contributed by atoms with E-state index >= 15 is 0 Å². The third-order valence-electron chi connectivity index (χ3n) is 3.20. The fraction of sp³-hybridized carbons (Fsp3) is 0.417. The summed E-state index contributed by atoms with van der Waals surface area (Å²) in [5.41, 5.74) is 8.75. The molecule has 1 aliphatic rings. The molecule has 3 N–H and O–H groups in total. The lowest BCUT2D eigenvalue weighted by Gasteiger charge is -2.26. The Hall–Kier alpha value is -1.59. The summed E-state index contributed by atoms with van der Waals surface area (Å²) in [6.07, 6.45) is 3.89. The zero-order valence-electron chi connectivity index (χ0n) is 9.76. The molecule has 0 aromatic carbocycles. The van der Waals surface area contributed by atoms with Gasteiger partial charge in [-0.25, -0.2) is 4.98 Å². The molecule has 0 radical (unpaired) electrons. The number of anilines is 1. The van der Waals surface area contributed by atoms with Gasteiger partial charge in [0.2, 0.25) is 0 Å². The van der Waals surface area contributed by atoms with Gasteiger partial charge in [-0.15, -0.1) is 0 Å². The lowest BCUT2D eigenvalue weighted by atomic mass is 10.3. The van der Waals surface area contributed by atoms with Crippen LogP contribution >= 0.6 is 0 Å². The standard InChI is InChI=1S/C12H17N5/c13-10-1-2-12-15-7-11(17(12)8-10)9-16-5-3-14-4-6-16/h1-2,7-8,14H,3-6,9,13H2. The summed E-state index contributed by atoms with van der Waals surface area (Å²) in [5, 5.41) is 3.36. The van der Waals surface area contributed by atoms with E-state index in [0.717, 1.165) is 44.1 Å². The molecule has 0 atom stereocenters. The number of nitrogens with one attached hydrogen (secondary N) is 1. The maximum Gasteiger partial charge on any atom is 0.137 e. The molecule has 1 aliphatic heterocycles. The molecule has 1 fully saturated rings. The monoisotopic (exact) mass is 231 g/mol. The van der Waals surface area contributed by atoms with Crippen molar-refractivity contribution < 1.29 is 0 Å². The van der Waals surface area contributed by atoms with Gasteiger partial charge in [0.15, 0.2) is 0 Å². The minimum absolute atomic E-state index is 0.775. The van der Waals surface area contributed by atoms with Crippen LogP contribution in [0.15, 0.2) is 24.5 Å². The third-order valence-corrected chi connectivity index (χ3v) is 3.20. The van der Waals surface area contributed by atoms with Gasteiger partial charge in [0, 0.05) is 44.6 Å². The lowest BCUT2D eigenvalue weighted by molar-refractivity contribution is 0.230. The second-order valence-electron chi connectivity index (χ2n) is 4.47. The summed E-state index contributed by atoms with van der Waals surface area (Å²) >= 11 is 0. The van der Waals surface area contributed by atoms with Crippen LogP contribution in [0.4, 0.5) is 5.69 Å². The van der Waals surface area contributed by atoms with Crippen LogP contribution in [0, 0.1) is 0 Å². The second-order valence-corrected chi connectivity index (χ2v) is 4.47. The first-order valence-electron chi connectivity index (χ1n) is 5.97. The molecule has 3 rings (SSSR count). The van der Waals surface area contributed by atoms with Crippen LogP contribution in [0.25, 0.3) is 5.65 Å². The number of nitrogen functional groups attached to an aromatic ring is 1. The molecule has 0 amide bonds. The fourth-order valence-electron chi connectivity index (χ4n) is 2.26. The molecule has 5 heteroatoms. The summed E-state index contributed by atoms with van der Waals surface area (Å²) in [5.74, 6) is 0. The molecule has 0 unspecified atom stereocenters. The van der Waals surface area contributed by atoms with Crippen LogP contribution < -0.4 is 11.1 Å². The minimum Gasteiger partial charge on any atom is -0.398 e. The van der Waals surface area contributed by atoms with Crippen molar-refractivity contribution in [3.8, 4) is 0 Å². The first kappa shape index (κ1) is 10.6. The molecular weight excluding hydrogens is 214 g/mol. The number of imidazole rings is 1. The molecule has 5 nitrogen and oxygen atoms in total. The van der Waals surface area contributed by atoms with Gasteiger partial charge in [-0.2, -0.15) is 0 Å². The molecule has 0 spiro atoms. The van der Waals surface area contributed by atoms with Crippen molar-refractivity contribution in [2.24, 2.45) is 0 Å². The fourth-order valence-corrected chi connectivity index (χ4v) is 2.26. The van der Waals surface area contributed by atoms with Crippen LogP contribution in [-0.2, 0) is 6.54 Å². The molecule has 17 heavy (non-hydrogen) atoms. The van der Waals surface area contributed by atoms with Gasteiger partial charge in [-0.05, 0) is 12.1 Å². The van der Waals surface area contributed by atoms with Crippen molar-refractivity contribution in [1.29, 1.82) is 0 Å². The van der Waals surface area contributed by atoms with Crippen molar-refractivity contribution in [2.75, 3.05) is 31.9 Å². The number of aromatic nitrogens is 2. The van der Waals surface area contributed by atoms with Crippen molar-refractivity contribution in [3.05, 3.63) is 30.2 Å². The smallest absolute Gasteiger partial charge is 0.137 e. The Morgan fingerprint density at radius 2 is 2.12 bits per heavy atom. The highest BCUT2D eigenvalue weighted by molar-refractivity contribution is 5.48. The normalized spacial score (nSPS) is 17.6. The topological polar surface area (TPSA) is 58.6 Å². The Morgan fingerprint density at radius 1 is 1.29 bits per heavy atom. The van der Waals surface area contributed by atoms with Gasteiger partial charge < -0.3 is 15.5 Å². The van der Waals surface area contributed by atoms with Gasteiger partial charge >= 0.3 is 0 Å². The van der Waals surface area contributed by atoms with Crippen molar-refractivity contribution in [2.45, 2.75) is 6.54 Å². The summed E-state index contributed by atoms with van der Waals surface area (Å²) < 4.78 is 2.08. The molecule has 2 aromatic rings. The van der Waals surface area contributed by atoms with Crippen molar-refractivity contribution >= 4 is 11.3 Å². The molecule has 2 aromatic heterocycles. The SMILES string of the molecule is Nc1ccc2ncc(CN3CCNCC3)n2c1. The van der Waals surface area contributed by atoms with Crippen LogP contribution in [-0.4, -0.2) is 40.5 Å². The van der Waals surface area contributed by atoms with E-state index in [1.807, 2.05) is 24.5 Å². The van der Waals surface area contributed by atoms with E-state index in [2.05, 4.69) is 19.6 Å². The minimum atomic E-state index is 0.775. The van der Waals surface area contributed by atoms with Crippen molar-refractivity contribution in [3.63, 3.8) is 0 Å². The quantitative estimate of drug-likeness (QED) is 0.781. The van der Waals surface area contributed by atoms with E-state index in [-0.39, 0.29) is 0 Å². The number of hydrogen-bond acceptors (Lipinski definition) is 4. The molecule has 90 valence electrons. The van der Waals surface area contributed by atoms with Crippen LogP contribution in [0.1, 0.15) is 5.69 Å². The van der Waals surface area contributed by atoms with E-state index in [4.69, 9.17) is 5.73 Å². The van der Waals surface area contributed by atoms with Crippen LogP contribution in [0.3, 0.4) is 0 Å². The summed E-state index contributed by atoms with van der Waals surface area (Å²) in [6.45, 7) is 5.26. The number of fused-ring (bicyclic) bond motifs is 1. The Bertz CT molecular complexity index is 513. The Morgan fingerprint density at radius 3 is 2.94 bits per heavy atom. The Balaban J connectivity index is 1.86.